The predicted molar refractivity (Wildman–Crippen MR) is 69.5 cm³/mol. The minimum absolute atomic E-state index is 0.0531. The van der Waals surface area contributed by atoms with Gasteiger partial charge in [0.05, 0.1) is 18.8 Å². The molecule has 5 heteroatoms. The number of carbonyl (C=O) groups is 2. The molecule has 0 radical (unpaired) electrons. The minimum atomic E-state index is -0.410. The van der Waals surface area contributed by atoms with Crippen LogP contribution < -0.4 is 0 Å². The van der Waals surface area contributed by atoms with Gasteiger partial charge in [-0.1, -0.05) is 13.5 Å². The van der Waals surface area contributed by atoms with Crippen LogP contribution in [0, 0.1) is 0 Å². The van der Waals surface area contributed by atoms with Crippen LogP contribution in [0.4, 0.5) is 0 Å². The molecule has 0 amide bonds. The SMILES string of the molecule is C=CC(=O)O[C@@H]1C[C@H](CCCOC(C)=O)O[C@@H]1CC. The first-order valence-corrected chi connectivity index (χ1v) is 6.68. The molecular formula is C14H22O5. The summed E-state index contributed by atoms with van der Waals surface area (Å²) in [4.78, 5) is 21.8. The summed E-state index contributed by atoms with van der Waals surface area (Å²) in [5, 5.41) is 0. The molecule has 0 spiro atoms. The van der Waals surface area contributed by atoms with Gasteiger partial charge in [-0.3, -0.25) is 4.79 Å². The summed E-state index contributed by atoms with van der Waals surface area (Å²) in [6.45, 7) is 7.19. The Bertz CT molecular complexity index is 326. The second-order valence-corrected chi connectivity index (χ2v) is 4.60. The Balaban J connectivity index is 2.32. The van der Waals surface area contributed by atoms with Gasteiger partial charge in [0, 0.05) is 19.4 Å². The third-order valence-electron chi connectivity index (χ3n) is 3.09. The molecule has 0 aromatic rings. The van der Waals surface area contributed by atoms with Gasteiger partial charge in [0.1, 0.15) is 6.10 Å². The molecule has 1 aliphatic rings. The van der Waals surface area contributed by atoms with E-state index in [1.54, 1.807) is 0 Å². The zero-order valence-corrected chi connectivity index (χ0v) is 11.6. The van der Waals surface area contributed by atoms with Gasteiger partial charge < -0.3 is 14.2 Å². The van der Waals surface area contributed by atoms with Crippen molar-refractivity contribution in [3.05, 3.63) is 12.7 Å². The van der Waals surface area contributed by atoms with Crippen LogP contribution in [0.15, 0.2) is 12.7 Å². The fourth-order valence-corrected chi connectivity index (χ4v) is 2.19. The molecule has 0 aromatic heterocycles. The summed E-state index contributed by atoms with van der Waals surface area (Å²) in [5.74, 6) is -0.677. The van der Waals surface area contributed by atoms with Crippen LogP contribution in [-0.2, 0) is 23.8 Å². The van der Waals surface area contributed by atoms with Crippen molar-refractivity contribution in [2.75, 3.05) is 6.61 Å². The highest BCUT2D eigenvalue weighted by Gasteiger charge is 2.36. The monoisotopic (exact) mass is 270 g/mol. The van der Waals surface area contributed by atoms with Gasteiger partial charge in [0.15, 0.2) is 0 Å². The lowest BCUT2D eigenvalue weighted by Gasteiger charge is -2.16. The molecule has 0 aliphatic carbocycles. The van der Waals surface area contributed by atoms with Crippen molar-refractivity contribution in [2.45, 2.75) is 57.8 Å². The van der Waals surface area contributed by atoms with Crippen LogP contribution in [0.25, 0.3) is 0 Å². The molecule has 0 unspecified atom stereocenters. The summed E-state index contributed by atoms with van der Waals surface area (Å²) in [7, 11) is 0. The summed E-state index contributed by atoms with van der Waals surface area (Å²) < 4.78 is 16.0. The van der Waals surface area contributed by atoms with E-state index in [4.69, 9.17) is 14.2 Å². The van der Waals surface area contributed by atoms with Gasteiger partial charge in [-0.15, -0.1) is 0 Å². The zero-order chi connectivity index (χ0) is 14.3. The maximum Gasteiger partial charge on any atom is 0.330 e. The third-order valence-corrected chi connectivity index (χ3v) is 3.09. The fraction of sp³-hybridized carbons (Fsp3) is 0.714. The molecule has 1 heterocycles. The van der Waals surface area contributed by atoms with Crippen molar-refractivity contribution >= 4 is 11.9 Å². The summed E-state index contributed by atoms with van der Waals surface area (Å²) in [6.07, 6.45) is 4.02. The lowest BCUT2D eigenvalue weighted by atomic mass is 10.1. The van der Waals surface area contributed by atoms with E-state index in [2.05, 4.69) is 6.58 Å². The molecule has 19 heavy (non-hydrogen) atoms. The Kier molecular flexibility index (Phi) is 6.56. The van der Waals surface area contributed by atoms with E-state index >= 15 is 0 Å². The van der Waals surface area contributed by atoms with Gasteiger partial charge in [-0.2, -0.15) is 0 Å². The van der Waals surface area contributed by atoms with Gasteiger partial charge in [-0.25, -0.2) is 4.79 Å². The van der Waals surface area contributed by atoms with Crippen molar-refractivity contribution in [3.63, 3.8) is 0 Å². The van der Waals surface area contributed by atoms with E-state index in [0.29, 0.717) is 13.0 Å². The zero-order valence-electron chi connectivity index (χ0n) is 11.6. The standard InChI is InChI=1S/C14H22O5/c1-4-12-13(19-14(16)5-2)9-11(18-12)7-6-8-17-10(3)15/h5,11-13H,2,4,6-9H2,1,3H3/t11-,12+,13+/m0/s1. The average molecular weight is 270 g/mol. The lowest BCUT2D eigenvalue weighted by Crippen LogP contribution is -2.25. The normalized spacial score (nSPS) is 25.9. The molecule has 0 bridgehead atoms. The summed E-state index contributed by atoms with van der Waals surface area (Å²) >= 11 is 0. The number of carbonyl (C=O) groups excluding carboxylic acids is 2. The van der Waals surface area contributed by atoms with Crippen LogP contribution in [0.1, 0.15) is 39.5 Å². The maximum atomic E-state index is 11.2. The number of esters is 2. The number of rotatable bonds is 7. The van der Waals surface area contributed by atoms with Gasteiger partial charge in [0.25, 0.3) is 0 Å². The van der Waals surface area contributed by atoms with E-state index in [9.17, 15) is 9.59 Å². The Morgan fingerprint density at radius 3 is 2.79 bits per heavy atom. The molecule has 3 atom stereocenters. The predicted octanol–water partition coefficient (Wildman–Crippen LogP) is 1.99. The molecular weight excluding hydrogens is 248 g/mol. The Morgan fingerprint density at radius 2 is 2.21 bits per heavy atom. The number of hydrogen-bond donors (Lipinski definition) is 0. The molecule has 0 saturated carbocycles. The van der Waals surface area contributed by atoms with Gasteiger partial charge in [0.2, 0.25) is 0 Å². The lowest BCUT2D eigenvalue weighted by molar-refractivity contribution is -0.145. The number of hydrogen-bond acceptors (Lipinski definition) is 5. The van der Waals surface area contributed by atoms with Gasteiger partial charge in [-0.05, 0) is 19.3 Å². The molecule has 0 aromatic carbocycles. The second-order valence-electron chi connectivity index (χ2n) is 4.60. The quantitative estimate of drug-likeness (QED) is 0.402. The van der Waals surface area contributed by atoms with Crippen LogP contribution in [-0.4, -0.2) is 36.9 Å². The first kappa shape index (κ1) is 15.7. The van der Waals surface area contributed by atoms with Crippen molar-refractivity contribution < 1.29 is 23.8 Å². The highest BCUT2D eigenvalue weighted by molar-refractivity contribution is 5.81. The number of ether oxygens (including phenoxy) is 3. The van der Waals surface area contributed by atoms with E-state index in [1.165, 1.54) is 13.0 Å². The first-order chi connectivity index (χ1) is 9.06. The molecule has 1 aliphatic heterocycles. The second kappa shape index (κ2) is 7.94. The van der Waals surface area contributed by atoms with E-state index in [-0.39, 0.29) is 24.3 Å². The molecule has 5 nitrogen and oxygen atoms in total. The Hall–Kier alpha value is -1.36. The van der Waals surface area contributed by atoms with Crippen molar-refractivity contribution in [1.82, 2.24) is 0 Å². The fourth-order valence-electron chi connectivity index (χ4n) is 2.19. The topological polar surface area (TPSA) is 61.8 Å². The van der Waals surface area contributed by atoms with Crippen LogP contribution >= 0.6 is 0 Å². The van der Waals surface area contributed by atoms with Crippen molar-refractivity contribution in [1.29, 1.82) is 0 Å². The Labute approximate surface area is 113 Å². The summed E-state index contributed by atoms with van der Waals surface area (Å²) in [6, 6.07) is 0. The first-order valence-electron chi connectivity index (χ1n) is 6.68. The molecule has 0 N–H and O–H groups in total. The van der Waals surface area contributed by atoms with Crippen molar-refractivity contribution in [3.8, 4) is 0 Å². The maximum absolute atomic E-state index is 11.2. The molecule has 108 valence electrons. The molecule has 1 fully saturated rings. The molecule has 1 saturated heterocycles. The van der Waals surface area contributed by atoms with Gasteiger partial charge >= 0.3 is 11.9 Å². The average Bonchev–Trinajstić information content (AvgIpc) is 2.76. The highest BCUT2D eigenvalue weighted by Crippen LogP contribution is 2.28. The van der Waals surface area contributed by atoms with Crippen molar-refractivity contribution in [2.24, 2.45) is 0 Å². The van der Waals surface area contributed by atoms with E-state index < -0.39 is 5.97 Å². The third kappa shape index (κ3) is 5.42. The largest absolute Gasteiger partial charge is 0.466 e. The Morgan fingerprint density at radius 1 is 1.47 bits per heavy atom. The van der Waals surface area contributed by atoms with Crippen LogP contribution in [0.2, 0.25) is 0 Å². The van der Waals surface area contributed by atoms with Crippen LogP contribution in [0.5, 0.6) is 0 Å². The summed E-state index contributed by atoms with van der Waals surface area (Å²) in [5.41, 5.74) is 0. The van der Waals surface area contributed by atoms with E-state index in [0.717, 1.165) is 19.3 Å². The van der Waals surface area contributed by atoms with E-state index in [1.807, 2.05) is 6.92 Å². The highest BCUT2D eigenvalue weighted by atomic mass is 16.6. The van der Waals surface area contributed by atoms with Crippen LogP contribution in [0.3, 0.4) is 0 Å². The molecule has 1 rings (SSSR count). The smallest absolute Gasteiger partial charge is 0.330 e. The minimum Gasteiger partial charge on any atom is -0.466 e.